The van der Waals surface area contributed by atoms with Crippen molar-refractivity contribution in [2.75, 3.05) is 5.32 Å². The predicted octanol–water partition coefficient (Wildman–Crippen LogP) is 4.36. The number of anilines is 1. The highest BCUT2D eigenvalue weighted by Gasteiger charge is 2.24. The molecule has 0 saturated heterocycles. The molecule has 1 heterocycles. The number of hydrogen-bond donors (Lipinski definition) is 1. The molecule has 1 amide bonds. The Morgan fingerprint density at radius 1 is 1.24 bits per heavy atom. The number of benzene rings is 2. The molecule has 3 rings (SSSR count). The Bertz CT molecular complexity index is 1100. The molecular formula is C21H16ClN3O4. The van der Waals surface area contributed by atoms with Crippen LogP contribution in [0.2, 0.25) is 5.02 Å². The molecule has 0 aliphatic rings. The summed E-state index contributed by atoms with van der Waals surface area (Å²) in [4.78, 5) is 28.9. The third kappa shape index (κ3) is 4.62. The number of nitrogens with zero attached hydrogens (tertiary/aromatic N) is 2. The highest BCUT2D eigenvalue weighted by Crippen LogP contribution is 2.23. The van der Waals surface area contributed by atoms with Crippen molar-refractivity contribution in [3.05, 3.63) is 70.6 Å². The Morgan fingerprint density at radius 3 is 2.62 bits per heavy atom. The number of hydrogen-bond acceptors (Lipinski definition) is 6. The van der Waals surface area contributed by atoms with Gasteiger partial charge in [-0.2, -0.15) is 5.26 Å². The first kappa shape index (κ1) is 20.1. The third-order valence-electron chi connectivity index (χ3n) is 4.02. The number of esters is 1. The van der Waals surface area contributed by atoms with Gasteiger partial charge < -0.3 is 14.5 Å². The monoisotopic (exact) mass is 409 g/mol. The van der Waals surface area contributed by atoms with Crippen LogP contribution >= 0.6 is 11.6 Å². The van der Waals surface area contributed by atoms with Gasteiger partial charge in [0.2, 0.25) is 5.89 Å². The zero-order chi connectivity index (χ0) is 21.0. The fourth-order valence-corrected chi connectivity index (χ4v) is 2.71. The topological polar surface area (TPSA) is 105 Å². The number of aromatic nitrogens is 1. The number of ether oxygens (including phenoxy) is 1. The van der Waals surface area contributed by atoms with Crippen LogP contribution in [-0.2, 0) is 9.53 Å². The van der Waals surface area contributed by atoms with Crippen molar-refractivity contribution in [3.63, 3.8) is 0 Å². The van der Waals surface area contributed by atoms with Crippen LogP contribution in [0.25, 0.3) is 11.5 Å². The first-order valence-electron chi connectivity index (χ1n) is 8.63. The lowest BCUT2D eigenvalue weighted by Gasteiger charge is -2.13. The molecular weight excluding hydrogens is 394 g/mol. The van der Waals surface area contributed by atoms with E-state index in [1.165, 1.54) is 25.1 Å². The van der Waals surface area contributed by atoms with Crippen LogP contribution in [0.15, 0.2) is 52.9 Å². The molecule has 1 N–H and O–H groups in total. The van der Waals surface area contributed by atoms with Gasteiger partial charge in [0, 0.05) is 11.3 Å². The third-order valence-corrected chi connectivity index (χ3v) is 4.33. The molecule has 8 heteroatoms. The highest BCUT2D eigenvalue weighted by molar-refractivity contribution is 6.32. The number of nitriles is 1. The lowest BCUT2D eigenvalue weighted by atomic mass is 10.2. The summed E-state index contributed by atoms with van der Waals surface area (Å²) >= 11 is 5.95. The molecule has 0 spiro atoms. The van der Waals surface area contributed by atoms with Crippen LogP contribution in [0, 0.1) is 18.3 Å². The Hall–Kier alpha value is -3.63. The molecule has 0 bridgehead atoms. The zero-order valence-corrected chi connectivity index (χ0v) is 16.4. The van der Waals surface area contributed by atoms with E-state index in [-0.39, 0.29) is 10.7 Å². The van der Waals surface area contributed by atoms with Gasteiger partial charge in [-0.15, -0.1) is 0 Å². The molecule has 2 aromatic carbocycles. The lowest BCUT2D eigenvalue weighted by molar-refractivity contribution is -0.123. The number of rotatable bonds is 5. The Labute approximate surface area is 171 Å². The Balaban J connectivity index is 1.67. The predicted molar refractivity (Wildman–Crippen MR) is 106 cm³/mol. The minimum Gasteiger partial charge on any atom is -0.448 e. The van der Waals surface area contributed by atoms with E-state index in [4.69, 9.17) is 26.0 Å². The maximum absolute atomic E-state index is 12.4. The minimum absolute atomic E-state index is 0.00456. The highest BCUT2D eigenvalue weighted by atomic mass is 35.5. The average Bonchev–Trinajstić information content (AvgIpc) is 3.10. The van der Waals surface area contributed by atoms with Crippen molar-refractivity contribution < 1.29 is 18.7 Å². The summed E-state index contributed by atoms with van der Waals surface area (Å²) in [5, 5.41) is 11.7. The zero-order valence-electron chi connectivity index (χ0n) is 15.6. The first-order chi connectivity index (χ1) is 13.9. The molecule has 0 radical (unpaired) electrons. The molecule has 0 aliphatic heterocycles. The van der Waals surface area contributed by atoms with E-state index < -0.39 is 18.0 Å². The van der Waals surface area contributed by atoms with Gasteiger partial charge in [-0.1, -0.05) is 29.8 Å². The second-order valence-corrected chi connectivity index (χ2v) is 6.54. The van der Waals surface area contributed by atoms with Gasteiger partial charge in [0.05, 0.1) is 10.6 Å². The van der Waals surface area contributed by atoms with Crippen LogP contribution in [0.5, 0.6) is 0 Å². The van der Waals surface area contributed by atoms with E-state index in [2.05, 4.69) is 10.3 Å². The lowest BCUT2D eigenvalue weighted by Crippen LogP contribution is -2.30. The maximum Gasteiger partial charge on any atom is 0.361 e. The fraction of sp³-hybridized carbons (Fsp3) is 0.143. The maximum atomic E-state index is 12.4. The van der Waals surface area contributed by atoms with E-state index in [1.54, 1.807) is 19.1 Å². The smallest absolute Gasteiger partial charge is 0.361 e. The molecule has 1 atom stereocenters. The van der Waals surface area contributed by atoms with Gasteiger partial charge >= 0.3 is 5.97 Å². The summed E-state index contributed by atoms with van der Waals surface area (Å²) in [5.74, 6) is -0.739. The molecule has 0 saturated carbocycles. The van der Waals surface area contributed by atoms with E-state index >= 15 is 0 Å². The standard InChI is InChI=1S/C21H16ClN3O4/c1-12-18(25-20(28-12)14-6-4-3-5-7-14)21(27)29-13(2)19(26)24-16-9-8-15(11-23)17(22)10-16/h3-10,13H,1-2H3,(H,24,26)/t13-/m0/s1. The summed E-state index contributed by atoms with van der Waals surface area (Å²) < 4.78 is 10.8. The number of halogens is 1. The van der Waals surface area contributed by atoms with Crippen LogP contribution in [-0.4, -0.2) is 23.0 Å². The van der Waals surface area contributed by atoms with Crippen LogP contribution < -0.4 is 5.32 Å². The molecule has 1 aromatic heterocycles. The number of carbonyl (C=O) groups excluding carboxylic acids is 2. The molecule has 7 nitrogen and oxygen atoms in total. The summed E-state index contributed by atoms with van der Waals surface area (Å²) in [7, 11) is 0. The number of aryl methyl sites for hydroxylation is 1. The van der Waals surface area contributed by atoms with Gasteiger partial charge in [0.25, 0.3) is 5.91 Å². The molecule has 146 valence electrons. The fourth-order valence-electron chi connectivity index (χ4n) is 2.49. The van der Waals surface area contributed by atoms with Crippen molar-refractivity contribution in [1.29, 1.82) is 5.26 Å². The second-order valence-electron chi connectivity index (χ2n) is 6.13. The normalized spacial score (nSPS) is 11.4. The number of nitrogens with one attached hydrogen (secondary N) is 1. The number of oxazole rings is 1. The number of amides is 1. The SMILES string of the molecule is Cc1oc(-c2ccccc2)nc1C(=O)O[C@@H](C)C(=O)Nc1ccc(C#N)c(Cl)c1. The van der Waals surface area contributed by atoms with Crippen molar-refractivity contribution in [2.45, 2.75) is 20.0 Å². The van der Waals surface area contributed by atoms with E-state index in [0.29, 0.717) is 22.9 Å². The number of carbonyl (C=O) groups is 2. The van der Waals surface area contributed by atoms with Gasteiger partial charge in [0.1, 0.15) is 11.8 Å². The summed E-state index contributed by atoms with van der Waals surface area (Å²) in [6.45, 7) is 3.03. The van der Waals surface area contributed by atoms with Crippen molar-refractivity contribution >= 4 is 29.2 Å². The van der Waals surface area contributed by atoms with Crippen molar-refractivity contribution in [2.24, 2.45) is 0 Å². The molecule has 0 aliphatic carbocycles. The van der Waals surface area contributed by atoms with Gasteiger partial charge in [-0.05, 0) is 44.2 Å². The van der Waals surface area contributed by atoms with Crippen LogP contribution in [0.3, 0.4) is 0 Å². The van der Waals surface area contributed by atoms with Gasteiger partial charge in [0.15, 0.2) is 11.8 Å². The Morgan fingerprint density at radius 2 is 1.97 bits per heavy atom. The molecule has 29 heavy (non-hydrogen) atoms. The Kier molecular flexibility index (Phi) is 5.96. The van der Waals surface area contributed by atoms with E-state index in [1.807, 2.05) is 24.3 Å². The average molecular weight is 410 g/mol. The first-order valence-corrected chi connectivity index (χ1v) is 9.01. The summed E-state index contributed by atoms with van der Waals surface area (Å²) in [5.41, 5.74) is 1.40. The van der Waals surface area contributed by atoms with E-state index in [9.17, 15) is 9.59 Å². The van der Waals surface area contributed by atoms with E-state index in [0.717, 1.165) is 5.56 Å². The second kappa shape index (κ2) is 8.59. The summed E-state index contributed by atoms with van der Waals surface area (Å²) in [6, 6.07) is 15.5. The van der Waals surface area contributed by atoms with Crippen LogP contribution in [0.1, 0.15) is 28.7 Å². The largest absolute Gasteiger partial charge is 0.448 e. The molecule has 3 aromatic rings. The van der Waals surface area contributed by atoms with Gasteiger partial charge in [-0.3, -0.25) is 4.79 Å². The van der Waals surface area contributed by atoms with Crippen molar-refractivity contribution in [1.82, 2.24) is 4.98 Å². The van der Waals surface area contributed by atoms with Crippen molar-refractivity contribution in [3.8, 4) is 17.5 Å². The molecule has 0 fully saturated rings. The van der Waals surface area contributed by atoms with Crippen LogP contribution in [0.4, 0.5) is 5.69 Å². The molecule has 0 unspecified atom stereocenters. The quantitative estimate of drug-likeness (QED) is 0.627. The van der Waals surface area contributed by atoms with Gasteiger partial charge in [-0.25, -0.2) is 9.78 Å². The summed E-state index contributed by atoms with van der Waals surface area (Å²) in [6.07, 6.45) is -1.09. The minimum atomic E-state index is -1.09.